The predicted molar refractivity (Wildman–Crippen MR) is 119 cm³/mol. The summed E-state index contributed by atoms with van der Waals surface area (Å²) in [7, 11) is 17.5. The topological polar surface area (TPSA) is 116 Å². The molecule has 0 fully saturated rings. The van der Waals surface area contributed by atoms with Crippen molar-refractivity contribution in [3.63, 3.8) is 0 Å². The second-order valence-corrected chi connectivity index (χ2v) is 11.8. The van der Waals surface area contributed by atoms with Gasteiger partial charge in [-0.3, -0.25) is 0 Å². The monoisotopic (exact) mass is 484 g/mol. The lowest BCUT2D eigenvalue weighted by atomic mass is 10.1. The molecular weight excluding hydrogens is 452 g/mol. The average Bonchev–Trinajstić information content (AvgIpc) is 3.15. The molecule has 2 aromatic rings. The van der Waals surface area contributed by atoms with E-state index in [0.717, 1.165) is 10.1 Å². The maximum absolute atomic E-state index is 11.7. The summed E-state index contributed by atoms with van der Waals surface area (Å²) in [6.07, 6.45) is 3.80. The van der Waals surface area contributed by atoms with Crippen LogP contribution in [-0.4, -0.2) is 94.4 Å². The molecular formula is C20H32N6O4S2. The molecule has 0 unspecified atom stereocenters. The fraction of sp³-hybridized carbons (Fsp3) is 0.600. The summed E-state index contributed by atoms with van der Waals surface area (Å²) in [4.78, 5) is 32.2. The van der Waals surface area contributed by atoms with Gasteiger partial charge >= 0.3 is 0 Å². The minimum Gasteiger partial charge on any atom is -0.544 e. The molecule has 0 aliphatic heterocycles. The first-order valence-corrected chi connectivity index (χ1v) is 12.2. The van der Waals surface area contributed by atoms with Gasteiger partial charge in [0.25, 0.3) is 0 Å². The Hall–Kier alpha value is -2.02. The molecule has 32 heavy (non-hydrogen) atoms. The van der Waals surface area contributed by atoms with E-state index in [0.29, 0.717) is 11.4 Å². The van der Waals surface area contributed by atoms with Crippen molar-refractivity contribution >= 4 is 33.5 Å². The number of hydrogen-bond donors (Lipinski definition) is 0. The molecule has 2 heterocycles. The van der Waals surface area contributed by atoms with Gasteiger partial charge in [-0.2, -0.15) is 0 Å². The van der Waals surface area contributed by atoms with E-state index in [1.807, 2.05) is 65.5 Å². The first-order valence-electron chi connectivity index (χ1n) is 10.0. The van der Waals surface area contributed by atoms with Gasteiger partial charge in [-0.25, -0.2) is 9.97 Å². The number of aliphatic carboxylic acids is 2. The molecule has 10 nitrogen and oxygen atoms in total. The number of carbonyl (C=O) groups excluding carboxylic acids is 2. The number of imidazole rings is 2. The van der Waals surface area contributed by atoms with Crippen molar-refractivity contribution in [2.75, 3.05) is 42.3 Å². The van der Waals surface area contributed by atoms with Crippen LogP contribution in [-0.2, 0) is 36.5 Å². The molecule has 2 aromatic heterocycles. The Bertz CT molecular complexity index is 896. The van der Waals surface area contributed by atoms with Crippen molar-refractivity contribution < 1.29 is 28.8 Å². The Morgan fingerprint density at radius 3 is 1.38 bits per heavy atom. The van der Waals surface area contributed by atoms with Crippen LogP contribution in [0.25, 0.3) is 0 Å². The van der Waals surface area contributed by atoms with E-state index in [9.17, 15) is 19.8 Å². The molecule has 0 aromatic carbocycles. The third-order valence-electron chi connectivity index (χ3n) is 5.30. The number of carboxylic acid groups (broad SMARTS) is 2. The van der Waals surface area contributed by atoms with Crippen LogP contribution in [0.3, 0.4) is 0 Å². The molecule has 0 bridgehead atoms. The number of carboxylic acids is 2. The van der Waals surface area contributed by atoms with Crippen LogP contribution in [0.1, 0.15) is 11.4 Å². The van der Waals surface area contributed by atoms with Crippen LogP contribution in [0.2, 0.25) is 0 Å². The van der Waals surface area contributed by atoms with E-state index in [4.69, 9.17) is 0 Å². The molecule has 0 spiro atoms. The van der Waals surface area contributed by atoms with Crippen LogP contribution in [0, 0.1) is 0 Å². The third-order valence-corrected chi connectivity index (χ3v) is 7.94. The molecule has 0 aliphatic carbocycles. The molecule has 0 N–H and O–H groups in total. The lowest BCUT2D eigenvalue weighted by Crippen LogP contribution is -2.56. The van der Waals surface area contributed by atoms with Crippen LogP contribution in [0.15, 0.2) is 22.7 Å². The summed E-state index contributed by atoms with van der Waals surface area (Å²) in [5.74, 6) is -2.23. The van der Waals surface area contributed by atoms with Crippen LogP contribution >= 0.6 is 21.6 Å². The van der Waals surface area contributed by atoms with Crippen LogP contribution in [0.5, 0.6) is 0 Å². The van der Waals surface area contributed by atoms with Gasteiger partial charge in [0.05, 0.1) is 91.1 Å². The average molecular weight is 485 g/mol. The first kappa shape index (κ1) is 26.2. The number of aromatic nitrogens is 4. The van der Waals surface area contributed by atoms with Crippen molar-refractivity contribution in [1.82, 2.24) is 19.1 Å². The van der Waals surface area contributed by atoms with Crippen LogP contribution < -0.4 is 10.2 Å². The summed E-state index contributed by atoms with van der Waals surface area (Å²) in [6, 6.07) is -1.48. The standard InChI is InChI=1S/C20H32N6O4S2/c1-23-11-21-13(9-15(19(27)28)25(3,4)5)17(23)31-32-18-14(22-12-24(18)2)10-16(20(29)30)26(6,7)8/h11-12,15-16H,9-10H2,1-8H3/t15-,16-/m0/s1. The Labute approximate surface area is 196 Å². The largest absolute Gasteiger partial charge is 0.544 e. The van der Waals surface area contributed by atoms with Gasteiger partial charge in [0, 0.05) is 14.1 Å². The Morgan fingerprint density at radius 2 is 1.12 bits per heavy atom. The lowest BCUT2D eigenvalue weighted by Gasteiger charge is -2.34. The van der Waals surface area contributed by atoms with Crippen molar-refractivity contribution in [3.8, 4) is 0 Å². The zero-order valence-electron chi connectivity index (χ0n) is 19.9. The highest BCUT2D eigenvalue weighted by atomic mass is 33.1. The van der Waals surface area contributed by atoms with Gasteiger partial charge in [0.1, 0.15) is 22.1 Å². The van der Waals surface area contributed by atoms with Gasteiger partial charge < -0.3 is 37.9 Å². The van der Waals surface area contributed by atoms with Crippen molar-refractivity contribution in [1.29, 1.82) is 0 Å². The molecule has 0 aliphatic rings. The molecule has 2 rings (SSSR count). The van der Waals surface area contributed by atoms with Gasteiger partial charge in [0.2, 0.25) is 0 Å². The summed E-state index contributed by atoms with van der Waals surface area (Å²) < 4.78 is 4.14. The maximum Gasteiger partial charge on any atom is 0.134 e. The predicted octanol–water partition coefficient (Wildman–Crippen LogP) is -1.31. The number of rotatable bonds is 11. The number of hydrogen-bond acceptors (Lipinski definition) is 8. The summed E-state index contributed by atoms with van der Waals surface area (Å²) in [5.41, 5.74) is 1.35. The van der Waals surface area contributed by atoms with Crippen molar-refractivity contribution in [2.45, 2.75) is 35.0 Å². The fourth-order valence-electron chi connectivity index (χ4n) is 3.22. The molecule has 0 saturated carbocycles. The fourth-order valence-corrected chi connectivity index (χ4v) is 5.93. The third kappa shape index (κ3) is 6.27. The normalized spacial score (nSPS) is 14.4. The zero-order valence-corrected chi connectivity index (χ0v) is 21.5. The molecule has 0 radical (unpaired) electrons. The lowest BCUT2D eigenvalue weighted by molar-refractivity contribution is -0.889. The SMILES string of the molecule is Cn1cnc(C[C@@H](C(=O)[O-])[N+](C)(C)C)c1SSc1c(C[C@@H](C(=O)[O-])[N+](C)(C)C)ncn1C. The minimum absolute atomic E-state index is 0.220. The van der Waals surface area contributed by atoms with Gasteiger partial charge in [-0.1, -0.05) is 0 Å². The molecule has 2 atom stereocenters. The highest BCUT2D eigenvalue weighted by molar-refractivity contribution is 8.76. The zero-order chi connectivity index (χ0) is 24.4. The second kappa shape index (κ2) is 9.86. The van der Waals surface area contributed by atoms with Gasteiger partial charge in [-0.15, -0.1) is 0 Å². The van der Waals surface area contributed by atoms with E-state index in [1.165, 1.54) is 21.6 Å². The maximum atomic E-state index is 11.7. The number of carbonyl (C=O) groups is 2. The highest BCUT2D eigenvalue weighted by Gasteiger charge is 2.30. The molecule has 0 amide bonds. The van der Waals surface area contributed by atoms with E-state index >= 15 is 0 Å². The molecule has 0 saturated heterocycles. The quantitative estimate of drug-likeness (QED) is 0.285. The van der Waals surface area contributed by atoms with Crippen LogP contribution in [0.4, 0.5) is 0 Å². The van der Waals surface area contributed by atoms with Gasteiger partial charge in [-0.05, 0) is 21.6 Å². The Morgan fingerprint density at radius 1 is 0.812 bits per heavy atom. The van der Waals surface area contributed by atoms with Crippen molar-refractivity contribution in [2.24, 2.45) is 14.1 Å². The number of likely N-dealkylation sites (N-methyl/N-ethyl adjacent to an activating group) is 2. The van der Waals surface area contributed by atoms with Gasteiger partial charge in [0.15, 0.2) is 0 Å². The minimum atomic E-state index is -1.12. The summed E-state index contributed by atoms with van der Waals surface area (Å²) in [5, 5.41) is 25.1. The number of quaternary nitrogens is 2. The molecule has 178 valence electrons. The van der Waals surface area contributed by atoms with Crippen molar-refractivity contribution in [3.05, 3.63) is 24.0 Å². The number of aryl methyl sites for hydroxylation is 2. The smallest absolute Gasteiger partial charge is 0.134 e. The molecule has 12 heteroatoms. The Kier molecular flexibility index (Phi) is 8.08. The number of nitrogens with zero attached hydrogens (tertiary/aromatic N) is 6. The van der Waals surface area contributed by atoms with E-state index in [-0.39, 0.29) is 21.8 Å². The second-order valence-electron chi connectivity index (χ2n) is 9.69. The van der Waals surface area contributed by atoms with E-state index in [1.54, 1.807) is 12.7 Å². The summed E-state index contributed by atoms with van der Waals surface area (Å²) >= 11 is 0. The van der Waals surface area contributed by atoms with E-state index < -0.39 is 24.0 Å². The Balaban J connectivity index is 2.26. The summed E-state index contributed by atoms with van der Waals surface area (Å²) in [6.45, 7) is 0. The van der Waals surface area contributed by atoms with E-state index in [2.05, 4.69) is 9.97 Å². The first-order chi connectivity index (χ1) is 14.6. The highest BCUT2D eigenvalue weighted by Crippen LogP contribution is 2.40.